The van der Waals surface area contributed by atoms with Crippen molar-refractivity contribution >= 4 is 11.9 Å². The Morgan fingerprint density at radius 3 is 2.35 bits per heavy atom. The second-order valence-electron chi connectivity index (χ2n) is 6.52. The first-order chi connectivity index (χ1) is 10.8. The van der Waals surface area contributed by atoms with Crippen molar-refractivity contribution in [3.8, 4) is 0 Å². The van der Waals surface area contributed by atoms with Crippen molar-refractivity contribution in [3.63, 3.8) is 0 Å². The molecule has 2 atom stereocenters. The number of carbonyl (C=O) groups is 1. The molecule has 1 amide bonds. The number of aliphatic imine (C=N–C) groups is 1. The quantitative estimate of drug-likeness (QED) is 0.556. The van der Waals surface area contributed by atoms with Gasteiger partial charge in [-0.3, -0.25) is 9.79 Å². The van der Waals surface area contributed by atoms with Crippen LogP contribution in [0, 0.1) is 5.41 Å². The zero-order chi connectivity index (χ0) is 17.5. The zero-order valence-electron chi connectivity index (χ0n) is 15.1. The highest BCUT2D eigenvalue weighted by Crippen LogP contribution is 2.18. The third-order valence-electron chi connectivity index (χ3n) is 4.20. The molecule has 1 aromatic rings. The van der Waals surface area contributed by atoms with Gasteiger partial charge in [-0.15, -0.1) is 0 Å². The van der Waals surface area contributed by atoms with E-state index in [2.05, 4.69) is 59.1 Å². The van der Waals surface area contributed by atoms with Crippen LogP contribution in [-0.2, 0) is 4.79 Å². The van der Waals surface area contributed by atoms with Crippen LogP contribution in [0.3, 0.4) is 0 Å². The number of carbonyl (C=O) groups excluding carboxylic acids is 1. The van der Waals surface area contributed by atoms with Crippen molar-refractivity contribution < 1.29 is 4.79 Å². The first-order valence-corrected chi connectivity index (χ1v) is 8.06. The number of nitrogens with one attached hydrogen (secondary N) is 3. The molecule has 2 unspecified atom stereocenters. The second kappa shape index (κ2) is 8.56. The van der Waals surface area contributed by atoms with Gasteiger partial charge in [-0.05, 0) is 26.3 Å². The lowest BCUT2D eigenvalue weighted by Gasteiger charge is -2.27. The van der Waals surface area contributed by atoms with Crippen molar-refractivity contribution in [2.45, 2.75) is 39.7 Å². The van der Waals surface area contributed by atoms with Crippen molar-refractivity contribution in [1.29, 1.82) is 0 Å². The Balaban J connectivity index is 2.61. The van der Waals surface area contributed by atoms with E-state index in [0.29, 0.717) is 18.4 Å². The van der Waals surface area contributed by atoms with Gasteiger partial charge in [0, 0.05) is 32.6 Å². The van der Waals surface area contributed by atoms with Crippen molar-refractivity contribution in [1.82, 2.24) is 16.0 Å². The van der Waals surface area contributed by atoms with Gasteiger partial charge < -0.3 is 16.0 Å². The van der Waals surface area contributed by atoms with Crippen LogP contribution < -0.4 is 16.0 Å². The molecular weight excluding hydrogens is 288 g/mol. The van der Waals surface area contributed by atoms with E-state index in [1.54, 1.807) is 14.1 Å². The number of guanidine groups is 1. The minimum Gasteiger partial charge on any atom is -0.359 e. The van der Waals surface area contributed by atoms with Crippen LogP contribution in [0.25, 0.3) is 0 Å². The highest BCUT2D eigenvalue weighted by molar-refractivity contribution is 5.84. The van der Waals surface area contributed by atoms with Crippen LogP contribution >= 0.6 is 0 Å². The Labute approximate surface area is 140 Å². The van der Waals surface area contributed by atoms with Crippen molar-refractivity contribution in [3.05, 3.63) is 35.9 Å². The number of amides is 1. The van der Waals surface area contributed by atoms with E-state index < -0.39 is 5.41 Å². The van der Waals surface area contributed by atoms with Gasteiger partial charge in [-0.25, -0.2) is 0 Å². The predicted octanol–water partition coefficient (Wildman–Crippen LogP) is 2.12. The van der Waals surface area contributed by atoms with Crippen LogP contribution in [0.1, 0.15) is 39.2 Å². The summed E-state index contributed by atoms with van der Waals surface area (Å²) >= 11 is 0. The largest absolute Gasteiger partial charge is 0.359 e. The number of rotatable bonds is 6. The third-order valence-corrected chi connectivity index (χ3v) is 4.20. The Morgan fingerprint density at radius 1 is 1.22 bits per heavy atom. The Kier molecular flexibility index (Phi) is 7.07. The van der Waals surface area contributed by atoms with Crippen LogP contribution in [0.15, 0.2) is 35.3 Å². The Hall–Kier alpha value is -2.04. The van der Waals surface area contributed by atoms with Gasteiger partial charge in [-0.2, -0.15) is 0 Å². The van der Waals surface area contributed by atoms with E-state index in [-0.39, 0.29) is 11.9 Å². The summed E-state index contributed by atoms with van der Waals surface area (Å²) in [5, 5.41) is 9.33. The first-order valence-electron chi connectivity index (χ1n) is 8.06. The van der Waals surface area contributed by atoms with Gasteiger partial charge in [0.2, 0.25) is 5.91 Å². The molecule has 0 aliphatic carbocycles. The van der Waals surface area contributed by atoms with Crippen LogP contribution in [-0.4, -0.2) is 38.5 Å². The molecular formula is C18H30N4O. The summed E-state index contributed by atoms with van der Waals surface area (Å²) in [5.74, 6) is 1.06. The fraction of sp³-hybridized carbons (Fsp3) is 0.556. The molecule has 0 aliphatic heterocycles. The monoisotopic (exact) mass is 318 g/mol. The summed E-state index contributed by atoms with van der Waals surface area (Å²) in [4.78, 5) is 16.1. The fourth-order valence-corrected chi connectivity index (χ4v) is 2.30. The standard InChI is InChI=1S/C18H30N4O/c1-13(15-10-8-7-9-11-15)14(2)22-17(20-6)21-12-18(3,4)16(23)19-5/h7-11,13-14H,12H2,1-6H3,(H,19,23)(H2,20,21,22). The van der Waals surface area contributed by atoms with E-state index in [1.165, 1.54) is 5.56 Å². The van der Waals surface area contributed by atoms with Crippen molar-refractivity contribution in [2.24, 2.45) is 10.4 Å². The molecule has 5 heteroatoms. The molecule has 0 saturated carbocycles. The molecule has 128 valence electrons. The topological polar surface area (TPSA) is 65.5 Å². The molecule has 0 saturated heterocycles. The third kappa shape index (κ3) is 5.58. The maximum absolute atomic E-state index is 11.8. The smallest absolute Gasteiger partial charge is 0.227 e. The highest BCUT2D eigenvalue weighted by Gasteiger charge is 2.27. The summed E-state index contributed by atoms with van der Waals surface area (Å²) in [6.07, 6.45) is 0. The van der Waals surface area contributed by atoms with Crippen LogP contribution in [0.4, 0.5) is 0 Å². The van der Waals surface area contributed by atoms with Gasteiger partial charge in [0.05, 0.1) is 5.41 Å². The summed E-state index contributed by atoms with van der Waals surface area (Å²) in [6, 6.07) is 10.6. The van der Waals surface area contributed by atoms with Gasteiger partial charge in [0.1, 0.15) is 0 Å². The first kappa shape index (κ1) is 19.0. The molecule has 23 heavy (non-hydrogen) atoms. The van der Waals surface area contributed by atoms with Crippen molar-refractivity contribution in [2.75, 3.05) is 20.6 Å². The predicted molar refractivity (Wildman–Crippen MR) is 96.7 cm³/mol. The lowest BCUT2D eigenvalue weighted by atomic mass is 9.92. The number of hydrogen-bond acceptors (Lipinski definition) is 2. The summed E-state index contributed by atoms with van der Waals surface area (Å²) in [5.41, 5.74) is 0.786. The molecule has 0 heterocycles. The fourth-order valence-electron chi connectivity index (χ4n) is 2.30. The zero-order valence-corrected chi connectivity index (χ0v) is 15.1. The lowest BCUT2D eigenvalue weighted by molar-refractivity contribution is -0.128. The molecule has 0 fully saturated rings. The molecule has 0 aromatic heterocycles. The summed E-state index contributed by atoms with van der Waals surface area (Å²) < 4.78 is 0. The maximum Gasteiger partial charge on any atom is 0.227 e. The molecule has 3 N–H and O–H groups in total. The van der Waals surface area contributed by atoms with E-state index in [9.17, 15) is 4.79 Å². The van der Waals surface area contributed by atoms with E-state index in [0.717, 1.165) is 0 Å². The van der Waals surface area contributed by atoms with E-state index in [4.69, 9.17) is 0 Å². The number of nitrogens with zero attached hydrogens (tertiary/aromatic N) is 1. The summed E-state index contributed by atoms with van der Waals surface area (Å²) in [6.45, 7) is 8.65. The number of benzene rings is 1. The molecule has 0 radical (unpaired) electrons. The second-order valence-corrected chi connectivity index (χ2v) is 6.52. The van der Waals surface area contributed by atoms with Gasteiger partial charge in [0.25, 0.3) is 0 Å². The SMILES string of the molecule is CN=C(NCC(C)(C)C(=O)NC)NC(C)C(C)c1ccccc1. The molecule has 0 bridgehead atoms. The maximum atomic E-state index is 11.8. The normalized spacial score (nSPS) is 14.8. The molecule has 5 nitrogen and oxygen atoms in total. The lowest BCUT2D eigenvalue weighted by Crippen LogP contribution is -2.49. The molecule has 0 aliphatic rings. The highest BCUT2D eigenvalue weighted by atomic mass is 16.2. The van der Waals surface area contributed by atoms with Crippen LogP contribution in [0.2, 0.25) is 0 Å². The van der Waals surface area contributed by atoms with Crippen LogP contribution in [0.5, 0.6) is 0 Å². The Bertz CT molecular complexity index is 525. The molecule has 1 aromatic carbocycles. The minimum absolute atomic E-state index is 0.00570. The van der Waals surface area contributed by atoms with Gasteiger partial charge in [0.15, 0.2) is 5.96 Å². The van der Waals surface area contributed by atoms with E-state index in [1.807, 2.05) is 19.9 Å². The average molecular weight is 318 g/mol. The van der Waals surface area contributed by atoms with Gasteiger partial charge in [-0.1, -0.05) is 37.3 Å². The van der Waals surface area contributed by atoms with Gasteiger partial charge >= 0.3 is 0 Å². The summed E-state index contributed by atoms with van der Waals surface area (Å²) in [7, 11) is 3.39. The number of hydrogen-bond donors (Lipinski definition) is 3. The molecule has 1 rings (SSSR count). The minimum atomic E-state index is -0.499. The average Bonchev–Trinajstić information content (AvgIpc) is 2.57. The van der Waals surface area contributed by atoms with E-state index >= 15 is 0 Å². The molecule has 0 spiro atoms. The Morgan fingerprint density at radius 2 is 1.83 bits per heavy atom.